The molecule has 1 atom stereocenters. The van der Waals surface area contributed by atoms with E-state index >= 15 is 0 Å². The molecule has 1 unspecified atom stereocenters. The van der Waals surface area contributed by atoms with E-state index in [-0.39, 0.29) is 0 Å². The molecule has 108 valence electrons. The van der Waals surface area contributed by atoms with Gasteiger partial charge in [0.1, 0.15) is 0 Å². The second-order valence-electron chi connectivity index (χ2n) is 5.32. The molecule has 1 saturated carbocycles. The molecule has 0 aromatic heterocycles. The molecule has 4 nitrogen and oxygen atoms in total. The molecule has 1 fully saturated rings. The lowest BCUT2D eigenvalue weighted by Crippen LogP contribution is -2.54. The summed E-state index contributed by atoms with van der Waals surface area (Å²) in [7, 11) is 2.55. The molecule has 0 spiro atoms. The molecule has 0 aliphatic heterocycles. The first-order valence-electron chi connectivity index (χ1n) is 6.76. The first-order chi connectivity index (χ1) is 8.55. The van der Waals surface area contributed by atoms with Crippen molar-refractivity contribution in [1.29, 1.82) is 0 Å². The van der Waals surface area contributed by atoms with Crippen molar-refractivity contribution in [2.24, 2.45) is 0 Å². The highest BCUT2D eigenvalue weighted by Gasteiger charge is 2.51. The molecular formula is C12H28O4Si2. The van der Waals surface area contributed by atoms with E-state index in [2.05, 4.69) is 6.55 Å². The van der Waals surface area contributed by atoms with Crippen LogP contribution >= 0.6 is 0 Å². The zero-order valence-corrected chi connectivity index (χ0v) is 14.5. The fourth-order valence-corrected chi connectivity index (χ4v) is 12.4. The maximum Gasteiger partial charge on any atom is 0.499 e. The molecule has 1 aliphatic rings. The summed E-state index contributed by atoms with van der Waals surface area (Å²) in [5.41, 5.74) is 1.56. The number of hydrogen-bond acceptors (Lipinski definition) is 4. The highest BCUT2D eigenvalue weighted by Crippen LogP contribution is 2.41. The van der Waals surface area contributed by atoms with E-state index < -0.39 is 17.1 Å². The van der Waals surface area contributed by atoms with Crippen molar-refractivity contribution >= 4 is 17.1 Å². The van der Waals surface area contributed by atoms with Crippen LogP contribution in [-0.2, 0) is 17.7 Å². The van der Waals surface area contributed by atoms with Gasteiger partial charge in [-0.05, 0) is 12.1 Å². The molecule has 0 saturated heterocycles. The Labute approximate surface area is 113 Å². The number of rotatable bonds is 7. The fourth-order valence-electron chi connectivity index (χ4n) is 2.99. The van der Waals surface area contributed by atoms with Gasteiger partial charge in [-0.1, -0.05) is 32.1 Å². The molecule has 1 aliphatic carbocycles. The van der Waals surface area contributed by atoms with Crippen molar-refractivity contribution in [3.8, 4) is 0 Å². The minimum atomic E-state index is -2.52. The van der Waals surface area contributed by atoms with Crippen molar-refractivity contribution in [1.82, 2.24) is 0 Å². The summed E-state index contributed by atoms with van der Waals surface area (Å²) in [6.45, 7) is 2.31. The Morgan fingerprint density at radius 2 is 1.33 bits per heavy atom. The largest absolute Gasteiger partial charge is 0.499 e. The third-order valence-corrected chi connectivity index (χ3v) is 14.1. The lowest BCUT2D eigenvalue weighted by Gasteiger charge is -2.40. The average molecular weight is 293 g/mol. The van der Waals surface area contributed by atoms with Gasteiger partial charge in [-0.2, -0.15) is 0 Å². The molecular weight excluding hydrogens is 264 g/mol. The highest BCUT2D eigenvalue weighted by molar-refractivity contribution is 6.87. The van der Waals surface area contributed by atoms with Gasteiger partial charge in [0, 0.05) is 34.1 Å². The normalized spacial score (nSPS) is 21.8. The summed E-state index contributed by atoms with van der Waals surface area (Å²) in [6, 6.07) is 0. The van der Waals surface area contributed by atoms with Gasteiger partial charge in [-0.15, -0.1) is 0 Å². The van der Waals surface area contributed by atoms with E-state index in [9.17, 15) is 0 Å². The molecule has 1 rings (SSSR count). The van der Waals surface area contributed by atoms with Crippen LogP contribution in [-0.4, -0.2) is 45.6 Å². The molecule has 0 radical (unpaired) electrons. The van der Waals surface area contributed by atoms with Crippen molar-refractivity contribution < 1.29 is 17.7 Å². The van der Waals surface area contributed by atoms with Crippen LogP contribution in [0.25, 0.3) is 0 Å². The zero-order chi connectivity index (χ0) is 13.6. The molecule has 0 bridgehead atoms. The SMILES string of the molecule is CO[Si](C[Si](C)(OC)C1CCCCC1)(OC)OC. The van der Waals surface area contributed by atoms with Crippen molar-refractivity contribution in [2.75, 3.05) is 28.4 Å². The topological polar surface area (TPSA) is 36.9 Å². The van der Waals surface area contributed by atoms with Crippen LogP contribution in [0.2, 0.25) is 17.8 Å². The van der Waals surface area contributed by atoms with E-state index in [1.165, 1.54) is 32.1 Å². The Balaban J connectivity index is 2.79. The fraction of sp³-hybridized carbons (Fsp3) is 1.00. The van der Waals surface area contributed by atoms with E-state index in [1.54, 1.807) is 21.3 Å². The van der Waals surface area contributed by atoms with Gasteiger partial charge in [-0.25, -0.2) is 0 Å². The lowest BCUT2D eigenvalue weighted by molar-refractivity contribution is 0.126. The molecule has 0 amide bonds. The lowest BCUT2D eigenvalue weighted by atomic mass is 10.0. The molecule has 0 aromatic rings. The van der Waals surface area contributed by atoms with Gasteiger partial charge >= 0.3 is 8.80 Å². The second-order valence-corrected chi connectivity index (χ2v) is 13.2. The first kappa shape index (κ1) is 16.3. The summed E-state index contributed by atoms with van der Waals surface area (Å²) < 4.78 is 22.7. The van der Waals surface area contributed by atoms with Crippen LogP contribution in [0.15, 0.2) is 0 Å². The van der Waals surface area contributed by atoms with Gasteiger partial charge in [0.15, 0.2) is 8.32 Å². The Hall–Kier alpha value is 0.274. The first-order valence-corrected chi connectivity index (χ1v) is 11.4. The van der Waals surface area contributed by atoms with Crippen molar-refractivity contribution in [3.05, 3.63) is 0 Å². The van der Waals surface area contributed by atoms with Gasteiger partial charge in [-0.3, -0.25) is 0 Å². The van der Waals surface area contributed by atoms with Crippen molar-refractivity contribution in [3.63, 3.8) is 0 Å². The zero-order valence-electron chi connectivity index (χ0n) is 12.5. The van der Waals surface area contributed by atoms with Crippen LogP contribution in [0.4, 0.5) is 0 Å². The third kappa shape index (κ3) is 3.64. The van der Waals surface area contributed by atoms with Crippen LogP contribution in [0.1, 0.15) is 32.1 Å². The molecule has 6 heteroatoms. The summed E-state index contributed by atoms with van der Waals surface area (Å²) in [5, 5.41) is 0. The second kappa shape index (κ2) is 7.16. The van der Waals surface area contributed by atoms with E-state index in [4.69, 9.17) is 17.7 Å². The standard InChI is InChI=1S/C12H28O4Si2/c1-13-17(5,12-9-7-6-8-10-12)11-18(14-2,15-3)16-4/h12H,6-11H2,1-5H3. The average Bonchev–Trinajstić information content (AvgIpc) is 2.46. The van der Waals surface area contributed by atoms with Gasteiger partial charge in [0.25, 0.3) is 0 Å². The summed E-state index contributed by atoms with van der Waals surface area (Å²) in [4.78, 5) is 0. The Bertz CT molecular complexity index is 234. The molecule has 0 N–H and O–H groups in total. The third-order valence-electron chi connectivity index (χ3n) is 4.44. The van der Waals surface area contributed by atoms with Gasteiger partial charge in [0.05, 0.1) is 0 Å². The van der Waals surface area contributed by atoms with E-state index in [0.29, 0.717) is 5.54 Å². The maximum atomic E-state index is 5.97. The number of hydrogen-bond donors (Lipinski definition) is 0. The highest BCUT2D eigenvalue weighted by atomic mass is 28.4. The summed E-state index contributed by atoms with van der Waals surface area (Å²) in [5.74, 6) is 0. The molecule has 0 heterocycles. The molecule has 0 aromatic carbocycles. The van der Waals surface area contributed by atoms with Crippen LogP contribution in [0.5, 0.6) is 0 Å². The maximum absolute atomic E-state index is 5.97. The summed E-state index contributed by atoms with van der Waals surface area (Å²) >= 11 is 0. The minimum absolute atomic E-state index is 0.712. The summed E-state index contributed by atoms with van der Waals surface area (Å²) in [6.07, 6.45) is 6.61. The Kier molecular flexibility index (Phi) is 6.50. The monoisotopic (exact) mass is 292 g/mol. The van der Waals surface area contributed by atoms with E-state index in [0.717, 1.165) is 5.67 Å². The van der Waals surface area contributed by atoms with Crippen LogP contribution < -0.4 is 0 Å². The van der Waals surface area contributed by atoms with Gasteiger partial charge in [0.2, 0.25) is 0 Å². The quantitative estimate of drug-likeness (QED) is 0.676. The van der Waals surface area contributed by atoms with Gasteiger partial charge < -0.3 is 17.7 Å². The van der Waals surface area contributed by atoms with Crippen molar-refractivity contribution in [2.45, 2.75) is 49.9 Å². The van der Waals surface area contributed by atoms with Crippen LogP contribution in [0, 0.1) is 0 Å². The predicted octanol–water partition coefficient (Wildman–Crippen LogP) is 2.96. The Morgan fingerprint density at radius 3 is 1.72 bits per heavy atom. The molecule has 18 heavy (non-hydrogen) atoms. The minimum Gasteiger partial charge on any atom is -0.420 e. The smallest absolute Gasteiger partial charge is 0.420 e. The predicted molar refractivity (Wildman–Crippen MR) is 77.1 cm³/mol. The Morgan fingerprint density at radius 1 is 0.833 bits per heavy atom. The van der Waals surface area contributed by atoms with Crippen LogP contribution in [0.3, 0.4) is 0 Å². The van der Waals surface area contributed by atoms with E-state index in [1.807, 2.05) is 7.11 Å².